The van der Waals surface area contributed by atoms with Gasteiger partial charge in [-0.2, -0.15) is 0 Å². The summed E-state index contributed by atoms with van der Waals surface area (Å²) >= 11 is 1.82. The number of thiazole rings is 1. The number of rotatable bonds is 5. The largest absolute Gasteiger partial charge is 0.311 e. The molecule has 1 fully saturated rings. The van der Waals surface area contributed by atoms with E-state index in [1.54, 1.807) is 0 Å². The van der Waals surface area contributed by atoms with E-state index in [0.717, 1.165) is 12.5 Å². The van der Waals surface area contributed by atoms with E-state index in [1.807, 2.05) is 11.3 Å². The number of nitrogens with zero attached hydrogens (tertiary/aromatic N) is 1. The zero-order valence-corrected chi connectivity index (χ0v) is 13.1. The highest BCUT2D eigenvalue weighted by Crippen LogP contribution is 2.26. The maximum atomic E-state index is 4.79. The lowest BCUT2D eigenvalue weighted by Gasteiger charge is -2.20. The lowest BCUT2D eigenvalue weighted by atomic mass is 9.93. The minimum Gasteiger partial charge on any atom is -0.311 e. The minimum atomic E-state index is 0.176. The number of hydrogen-bond acceptors (Lipinski definition) is 3. The van der Waals surface area contributed by atoms with Crippen molar-refractivity contribution in [3.63, 3.8) is 0 Å². The fourth-order valence-electron chi connectivity index (χ4n) is 1.99. The maximum Gasteiger partial charge on any atom is 0.0931 e. The van der Waals surface area contributed by atoms with Crippen LogP contribution in [0.2, 0.25) is 0 Å². The molecule has 1 heterocycles. The van der Waals surface area contributed by atoms with Gasteiger partial charge in [0.15, 0.2) is 0 Å². The van der Waals surface area contributed by atoms with E-state index < -0.39 is 0 Å². The Morgan fingerprint density at radius 2 is 2.06 bits per heavy atom. The van der Waals surface area contributed by atoms with Gasteiger partial charge in [-0.25, -0.2) is 4.98 Å². The van der Waals surface area contributed by atoms with E-state index >= 15 is 0 Å². The molecule has 1 N–H and O–H groups in total. The van der Waals surface area contributed by atoms with Gasteiger partial charge in [-0.1, -0.05) is 27.7 Å². The zero-order valence-electron chi connectivity index (χ0n) is 12.3. The van der Waals surface area contributed by atoms with Crippen LogP contribution in [0.4, 0.5) is 0 Å². The molecule has 2 nitrogen and oxygen atoms in total. The van der Waals surface area contributed by atoms with Crippen LogP contribution >= 0.6 is 11.3 Å². The van der Waals surface area contributed by atoms with Gasteiger partial charge in [0, 0.05) is 29.3 Å². The quantitative estimate of drug-likeness (QED) is 0.877. The van der Waals surface area contributed by atoms with E-state index in [-0.39, 0.29) is 5.41 Å². The number of nitrogens with one attached hydrogen (secondary N) is 1. The van der Waals surface area contributed by atoms with Crippen LogP contribution in [0, 0.1) is 5.92 Å². The molecule has 1 aliphatic rings. The molecular weight excluding hydrogens is 240 g/mol. The molecule has 2 atom stereocenters. The van der Waals surface area contributed by atoms with Crippen LogP contribution in [-0.2, 0) is 11.8 Å². The highest BCUT2D eigenvalue weighted by molar-refractivity contribution is 7.09. The second-order valence-corrected chi connectivity index (χ2v) is 7.73. The summed E-state index contributed by atoms with van der Waals surface area (Å²) in [6.07, 6.45) is 3.83. The van der Waals surface area contributed by atoms with Crippen molar-refractivity contribution < 1.29 is 0 Å². The molecule has 0 radical (unpaired) electrons. The summed E-state index contributed by atoms with van der Waals surface area (Å²) in [6.45, 7) is 11.3. The van der Waals surface area contributed by atoms with Gasteiger partial charge in [0.05, 0.1) is 10.7 Å². The van der Waals surface area contributed by atoms with Crippen molar-refractivity contribution in [1.82, 2.24) is 10.3 Å². The van der Waals surface area contributed by atoms with Crippen molar-refractivity contribution in [1.29, 1.82) is 0 Å². The van der Waals surface area contributed by atoms with Crippen LogP contribution in [0.15, 0.2) is 5.38 Å². The van der Waals surface area contributed by atoms with Gasteiger partial charge in [-0.05, 0) is 25.7 Å². The normalized spacial score (nSPS) is 19.8. The lowest BCUT2D eigenvalue weighted by molar-refractivity contribution is 0.395. The minimum absolute atomic E-state index is 0.176. The van der Waals surface area contributed by atoms with Gasteiger partial charge in [0.2, 0.25) is 0 Å². The predicted octanol–water partition coefficient (Wildman–Crippen LogP) is 3.76. The summed E-state index contributed by atoms with van der Waals surface area (Å²) in [5, 5.41) is 7.20. The summed E-state index contributed by atoms with van der Waals surface area (Å²) in [7, 11) is 0. The van der Waals surface area contributed by atoms with Gasteiger partial charge in [-0.3, -0.25) is 0 Å². The Morgan fingerprint density at radius 1 is 1.39 bits per heavy atom. The molecule has 3 heteroatoms. The third kappa shape index (κ3) is 3.79. The van der Waals surface area contributed by atoms with Crippen molar-refractivity contribution in [2.45, 2.75) is 71.4 Å². The van der Waals surface area contributed by atoms with Crippen molar-refractivity contribution in [2.75, 3.05) is 0 Å². The fraction of sp³-hybridized carbons (Fsp3) is 0.800. The number of hydrogen-bond donors (Lipinski definition) is 1. The Labute approximate surface area is 115 Å². The van der Waals surface area contributed by atoms with Crippen molar-refractivity contribution in [2.24, 2.45) is 5.92 Å². The molecule has 2 unspecified atom stereocenters. The Kier molecular flexibility index (Phi) is 4.12. The Hall–Kier alpha value is -0.410. The molecular formula is C15H26N2S. The van der Waals surface area contributed by atoms with Crippen LogP contribution < -0.4 is 5.32 Å². The molecule has 1 aliphatic carbocycles. The van der Waals surface area contributed by atoms with Crippen LogP contribution in [0.1, 0.15) is 58.2 Å². The van der Waals surface area contributed by atoms with E-state index in [2.05, 4.69) is 45.3 Å². The summed E-state index contributed by atoms with van der Waals surface area (Å²) in [4.78, 5) is 4.79. The van der Waals surface area contributed by atoms with Gasteiger partial charge < -0.3 is 5.32 Å². The second-order valence-electron chi connectivity index (χ2n) is 6.79. The molecule has 102 valence electrons. The first kappa shape index (κ1) is 14.0. The van der Waals surface area contributed by atoms with E-state index in [4.69, 9.17) is 4.98 Å². The molecule has 1 aromatic heterocycles. The average molecular weight is 266 g/mol. The highest BCUT2D eigenvalue weighted by Gasteiger charge is 2.25. The van der Waals surface area contributed by atoms with Gasteiger partial charge >= 0.3 is 0 Å². The Balaban J connectivity index is 1.89. The maximum absolute atomic E-state index is 4.79. The van der Waals surface area contributed by atoms with Gasteiger partial charge in [-0.15, -0.1) is 11.3 Å². The molecule has 1 aromatic rings. The van der Waals surface area contributed by atoms with Gasteiger partial charge in [0.25, 0.3) is 0 Å². The summed E-state index contributed by atoms with van der Waals surface area (Å²) < 4.78 is 0. The summed E-state index contributed by atoms with van der Waals surface area (Å²) in [5.74, 6) is 0.657. The first-order chi connectivity index (χ1) is 8.36. The SMILES string of the molecule is CC(Cc1nc(C(C)(C)C)cs1)C(C)NC1CC1. The topological polar surface area (TPSA) is 24.9 Å². The van der Waals surface area contributed by atoms with Crippen molar-refractivity contribution in [3.05, 3.63) is 16.1 Å². The molecule has 0 spiro atoms. The standard InChI is InChI=1S/C15H26N2S/c1-10(11(2)16-12-6-7-12)8-14-17-13(9-18-14)15(3,4)5/h9-12,16H,6-8H2,1-5H3. The smallest absolute Gasteiger partial charge is 0.0931 e. The van der Waals surface area contributed by atoms with Crippen molar-refractivity contribution >= 4 is 11.3 Å². The predicted molar refractivity (Wildman–Crippen MR) is 79.3 cm³/mol. The highest BCUT2D eigenvalue weighted by atomic mass is 32.1. The number of aromatic nitrogens is 1. The molecule has 0 amide bonds. The average Bonchev–Trinajstić information content (AvgIpc) is 2.92. The molecule has 0 aliphatic heterocycles. The van der Waals surface area contributed by atoms with E-state index in [0.29, 0.717) is 12.0 Å². The first-order valence-corrected chi connectivity index (χ1v) is 7.95. The fourth-order valence-corrected chi connectivity index (χ4v) is 3.15. The lowest BCUT2D eigenvalue weighted by Crippen LogP contribution is -2.34. The third-order valence-corrected chi connectivity index (χ3v) is 4.62. The Bertz CT molecular complexity index is 387. The van der Waals surface area contributed by atoms with Crippen LogP contribution in [0.5, 0.6) is 0 Å². The molecule has 18 heavy (non-hydrogen) atoms. The monoisotopic (exact) mass is 266 g/mol. The van der Waals surface area contributed by atoms with E-state index in [1.165, 1.54) is 23.5 Å². The first-order valence-electron chi connectivity index (χ1n) is 7.07. The molecule has 2 rings (SSSR count). The molecule has 0 saturated heterocycles. The second kappa shape index (κ2) is 5.30. The summed E-state index contributed by atoms with van der Waals surface area (Å²) in [5.41, 5.74) is 1.41. The van der Waals surface area contributed by atoms with Crippen LogP contribution in [0.25, 0.3) is 0 Å². The van der Waals surface area contributed by atoms with E-state index in [9.17, 15) is 0 Å². The molecule has 1 saturated carbocycles. The van der Waals surface area contributed by atoms with Crippen LogP contribution in [-0.4, -0.2) is 17.1 Å². The molecule has 0 bridgehead atoms. The van der Waals surface area contributed by atoms with Crippen molar-refractivity contribution in [3.8, 4) is 0 Å². The van der Waals surface area contributed by atoms with Gasteiger partial charge in [0.1, 0.15) is 0 Å². The molecule has 0 aromatic carbocycles. The third-order valence-electron chi connectivity index (χ3n) is 3.75. The zero-order chi connectivity index (χ0) is 13.3. The van der Waals surface area contributed by atoms with Crippen LogP contribution in [0.3, 0.4) is 0 Å². The Morgan fingerprint density at radius 3 is 2.56 bits per heavy atom. The summed E-state index contributed by atoms with van der Waals surface area (Å²) in [6, 6.07) is 1.39.